The first-order valence-corrected chi connectivity index (χ1v) is 11.8. The van der Waals surface area contributed by atoms with Gasteiger partial charge in [-0.15, -0.1) is 0 Å². The van der Waals surface area contributed by atoms with E-state index in [2.05, 4.69) is 10.3 Å². The maximum Gasteiger partial charge on any atom is 0.243 e. The molecule has 10 heteroatoms. The van der Waals surface area contributed by atoms with Crippen LogP contribution in [0, 0.1) is 0 Å². The second-order valence-electron chi connectivity index (χ2n) is 6.86. The lowest BCUT2D eigenvalue weighted by Gasteiger charge is -2.22. The number of sulfonamides is 1. The summed E-state index contributed by atoms with van der Waals surface area (Å²) < 4.78 is 29.5. The largest absolute Gasteiger partial charge is 0.355 e. The zero-order chi connectivity index (χ0) is 22.3. The van der Waals surface area contributed by atoms with Gasteiger partial charge in [0.25, 0.3) is 0 Å². The Morgan fingerprint density at radius 1 is 1.10 bits per heavy atom. The molecule has 31 heavy (non-hydrogen) atoms. The quantitative estimate of drug-likeness (QED) is 0.449. The van der Waals surface area contributed by atoms with Crippen LogP contribution in [0.4, 0.5) is 0 Å². The van der Waals surface area contributed by atoms with Gasteiger partial charge in [-0.3, -0.25) is 4.79 Å². The zero-order valence-electron chi connectivity index (χ0n) is 16.6. The summed E-state index contributed by atoms with van der Waals surface area (Å²) in [6, 6.07) is 12.7. The van der Waals surface area contributed by atoms with Crippen molar-refractivity contribution in [3.05, 3.63) is 82.9 Å². The van der Waals surface area contributed by atoms with Gasteiger partial charge in [0.15, 0.2) is 0 Å². The van der Waals surface area contributed by atoms with Crippen LogP contribution in [0.25, 0.3) is 0 Å². The van der Waals surface area contributed by atoms with Gasteiger partial charge >= 0.3 is 0 Å². The standard InChI is InChI=1S/C21H22Cl2N4O3S/c22-18-5-7-20(8-6-18)31(29,30)27(14-17-3-1-4-19(23)13-17)15-21(28)25-9-2-11-26-12-10-24-16-26/h1,3-8,10,12-13,16H,2,9,11,14-15H2,(H,25,28). The van der Waals surface area contributed by atoms with Crippen molar-refractivity contribution in [2.45, 2.75) is 24.4 Å². The molecule has 0 atom stereocenters. The number of aryl methyl sites for hydroxylation is 1. The normalized spacial score (nSPS) is 11.6. The highest BCUT2D eigenvalue weighted by Crippen LogP contribution is 2.21. The predicted molar refractivity (Wildman–Crippen MR) is 120 cm³/mol. The maximum atomic E-state index is 13.2. The van der Waals surface area contributed by atoms with Crippen LogP contribution in [0.1, 0.15) is 12.0 Å². The third-order valence-electron chi connectivity index (χ3n) is 4.49. The number of benzene rings is 2. The molecule has 1 N–H and O–H groups in total. The Morgan fingerprint density at radius 3 is 2.55 bits per heavy atom. The number of hydrogen-bond donors (Lipinski definition) is 1. The van der Waals surface area contributed by atoms with E-state index >= 15 is 0 Å². The Kier molecular flexibility index (Phi) is 8.09. The smallest absolute Gasteiger partial charge is 0.243 e. The number of aromatic nitrogens is 2. The van der Waals surface area contributed by atoms with E-state index < -0.39 is 10.0 Å². The molecule has 3 aromatic rings. The first-order chi connectivity index (χ1) is 14.8. The van der Waals surface area contributed by atoms with E-state index in [9.17, 15) is 13.2 Å². The van der Waals surface area contributed by atoms with E-state index in [0.29, 0.717) is 35.1 Å². The molecule has 164 valence electrons. The minimum absolute atomic E-state index is 0.00791. The van der Waals surface area contributed by atoms with Crippen molar-refractivity contribution in [2.24, 2.45) is 0 Å². The lowest BCUT2D eigenvalue weighted by molar-refractivity contribution is -0.121. The minimum Gasteiger partial charge on any atom is -0.355 e. The van der Waals surface area contributed by atoms with Gasteiger partial charge in [0.05, 0.1) is 17.8 Å². The maximum absolute atomic E-state index is 13.2. The third kappa shape index (κ3) is 6.80. The van der Waals surface area contributed by atoms with E-state index in [0.717, 1.165) is 4.31 Å². The highest BCUT2D eigenvalue weighted by atomic mass is 35.5. The summed E-state index contributed by atoms with van der Waals surface area (Å²) in [6.45, 7) is 0.815. The van der Waals surface area contributed by atoms with Crippen molar-refractivity contribution >= 4 is 39.1 Å². The number of rotatable bonds is 10. The Morgan fingerprint density at radius 2 is 1.87 bits per heavy atom. The van der Waals surface area contributed by atoms with Gasteiger partial charge in [0.2, 0.25) is 15.9 Å². The molecule has 0 aliphatic heterocycles. The Bertz CT molecular complexity index is 1100. The van der Waals surface area contributed by atoms with Gasteiger partial charge in [-0.25, -0.2) is 13.4 Å². The van der Waals surface area contributed by atoms with Gasteiger partial charge in [-0.05, 0) is 48.4 Å². The fraction of sp³-hybridized carbons (Fsp3) is 0.238. The first-order valence-electron chi connectivity index (χ1n) is 9.57. The summed E-state index contributed by atoms with van der Waals surface area (Å²) in [5, 5.41) is 3.70. The van der Waals surface area contributed by atoms with Crippen molar-refractivity contribution in [1.82, 2.24) is 19.2 Å². The van der Waals surface area contributed by atoms with Crippen molar-refractivity contribution in [1.29, 1.82) is 0 Å². The molecule has 0 aliphatic rings. The predicted octanol–water partition coefficient (Wildman–Crippen LogP) is 3.59. The molecule has 0 unspecified atom stereocenters. The van der Waals surface area contributed by atoms with E-state index in [1.165, 1.54) is 24.3 Å². The number of nitrogens with zero attached hydrogens (tertiary/aromatic N) is 3. The summed E-state index contributed by atoms with van der Waals surface area (Å²) in [6.07, 6.45) is 5.93. The Labute approximate surface area is 191 Å². The van der Waals surface area contributed by atoms with Gasteiger partial charge < -0.3 is 9.88 Å². The van der Waals surface area contributed by atoms with Crippen LogP contribution in [-0.2, 0) is 27.9 Å². The molecule has 0 bridgehead atoms. The molecule has 3 rings (SSSR count). The molecular formula is C21H22Cl2N4O3S. The van der Waals surface area contributed by atoms with Gasteiger partial charge in [0, 0.05) is 42.1 Å². The van der Waals surface area contributed by atoms with Gasteiger partial charge in [-0.2, -0.15) is 4.31 Å². The number of imidazole rings is 1. The molecule has 0 saturated heterocycles. The molecule has 0 aliphatic carbocycles. The van der Waals surface area contributed by atoms with E-state index in [4.69, 9.17) is 23.2 Å². The van der Waals surface area contributed by atoms with Gasteiger partial charge in [0.1, 0.15) is 0 Å². The average molecular weight is 481 g/mol. The highest BCUT2D eigenvalue weighted by molar-refractivity contribution is 7.89. The van der Waals surface area contributed by atoms with Crippen LogP contribution in [0.5, 0.6) is 0 Å². The SMILES string of the molecule is O=C(CN(Cc1cccc(Cl)c1)S(=O)(=O)c1ccc(Cl)cc1)NCCCn1ccnc1. The Balaban J connectivity index is 1.70. The van der Waals surface area contributed by atoms with Crippen LogP contribution in [0.15, 0.2) is 72.1 Å². The van der Waals surface area contributed by atoms with Crippen LogP contribution in [0.2, 0.25) is 10.0 Å². The number of carbonyl (C=O) groups is 1. The topological polar surface area (TPSA) is 84.3 Å². The van der Waals surface area contributed by atoms with E-state index in [1.807, 2.05) is 10.8 Å². The summed E-state index contributed by atoms with van der Waals surface area (Å²) in [4.78, 5) is 16.5. The highest BCUT2D eigenvalue weighted by Gasteiger charge is 2.27. The summed E-state index contributed by atoms with van der Waals surface area (Å²) in [7, 11) is -3.93. The molecule has 0 radical (unpaired) electrons. The fourth-order valence-electron chi connectivity index (χ4n) is 2.94. The molecule has 1 aromatic heterocycles. The molecule has 2 aromatic carbocycles. The minimum atomic E-state index is -3.93. The number of amides is 1. The Hall–Kier alpha value is -2.39. The first kappa shape index (κ1) is 23.3. The van der Waals surface area contributed by atoms with Crippen LogP contribution < -0.4 is 5.32 Å². The van der Waals surface area contributed by atoms with Crippen LogP contribution in [0.3, 0.4) is 0 Å². The number of carbonyl (C=O) groups excluding carboxylic acids is 1. The van der Waals surface area contributed by atoms with Crippen LogP contribution in [-0.4, -0.2) is 41.3 Å². The molecule has 1 heterocycles. The second-order valence-corrected chi connectivity index (χ2v) is 9.67. The molecule has 0 fully saturated rings. The lowest BCUT2D eigenvalue weighted by Crippen LogP contribution is -2.40. The van der Waals surface area contributed by atoms with Crippen molar-refractivity contribution in [3.8, 4) is 0 Å². The number of hydrogen-bond acceptors (Lipinski definition) is 4. The number of nitrogens with one attached hydrogen (secondary N) is 1. The van der Waals surface area contributed by atoms with Crippen molar-refractivity contribution < 1.29 is 13.2 Å². The van der Waals surface area contributed by atoms with E-state index in [-0.39, 0.29) is 23.9 Å². The average Bonchev–Trinajstić information content (AvgIpc) is 3.25. The number of halogens is 2. The molecular weight excluding hydrogens is 459 g/mol. The summed E-state index contributed by atoms with van der Waals surface area (Å²) in [5.74, 6) is -0.384. The van der Waals surface area contributed by atoms with Crippen molar-refractivity contribution in [2.75, 3.05) is 13.1 Å². The second kappa shape index (κ2) is 10.8. The van der Waals surface area contributed by atoms with Crippen LogP contribution >= 0.6 is 23.2 Å². The monoisotopic (exact) mass is 480 g/mol. The fourth-order valence-corrected chi connectivity index (χ4v) is 4.67. The van der Waals surface area contributed by atoms with Gasteiger partial charge in [-0.1, -0.05) is 35.3 Å². The lowest BCUT2D eigenvalue weighted by atomic mass is 10.2. The summed E-state index contributed by atoms with van der Waals surface area (Å²) in [5.41, 5.74) is 0.679. The molecule has 0 saturated carbocycles. The molecule has 7 nitrogen and oxygen atoms in total. The summed E-state index contributed by atoms with van der Waals surface area (Å²) >= 11 is 11.9. The molecule has 1 amide bonds. The molecule has 0 spiro atoms. The third-order valence-corrected chi connectivity index (χ3v) is 6.79. The van der Waals surface area contributed by atoms with E-state index in [1.54, 1.807) is 36.8 Å². The zero-order valence-corrected chi connectivity index (χ0v) is 18.9. The van der Waals surface area contributed by atoms with Crippen molar-refractivity contribution in [3.63, 3.8) is 0 Å².